The van der Waals surface area contributed by atoms with Crippen LogP contribution in [0.3, 0.4) is 0 Å². The largest absolute Gasteiger partial charge is 0.493 e. The quantitative estimate of drug-likeness (QED) is 0.192. The number of ether oxygens (including phenoxy) is 1. The molecule has 2 aliphatic heterocycles. The molecule has 0 saturated heterocycles. The summed E-state index contributed by atoms with van der Waals surface area (Å²) in [7, 11) is -0.809. The van der Waals surface area contributed by atoms with E-state index in [4.69, 9.17) is 4.74 Å². The van der Waals surface area contributed by atoms with Crippen LogP contribution in [0.1, 0.15) is 0 Å². The molecule has 0 radical (unpaired) electrons. The zero-order chi connectivity index (χ0) is 30.2. The Morgan fingerprint density at radius 3 is 2.13 bits per heavy atom. The van der Waals surface area contributed by atoms with Gasteiger partial charge in [-0.1, -0.05) is 118 Å². The van der Waals surface area contributed by atoms with Crippen molar-refractivity contribution >= 4 is 63.9 Å². The van der Waals surface area contributed by atoms with Crippen molar-refractivity contribution in [1.82, 2.24) is 9.88 Å². The van der Waals surface area contributed by atoms with Crippen molar-refractivity contribution in [2.24, 2.45) is 5.10 Å². The molecule has 0 unspecified atom stereocenters. The van der Waals surface area contributed by atoms with Gasteiger partial charge in [-0.05, 0) is 13.1 Å². The normalized spacial score (nSPS) is 14.3. The summed E-state index contributed by atoms with van der Waals surface area (Å²) in [6.45, 7) is 1.83. The summed E-state index contributed by atoms with van der Waals surface area (Å²) in [5.41, 5.74) is 4.29. The smallest absolute Gasteiger partial charge is 0.216 e. The molecule has 0 amide bonds. The minimum atomic E-state index is -2.78. The van der Waals surface area contributed by atoms with E-state index < -0.39 is 8.07 Å². The van der Waals surface area contributed by atoms with Crippen molar-refractivity contribution < 1.29 is 25.8 Å². The Hall–Kier alpha value is -4.71. The van der Waals surface area contributed by atoms with Crippen LogP contribution in [0.25, 0.3) is 0 Å². The first-order valence-corrected chi connectivity index (χ1v) is 17.0. The van der Waals surface area contributed by atoms with Crippen molar-refractivity contribution in [3.8, 4) is 11.6 Å². The molecule has 0 atom stereocenters. The summed E-state index contributed by atoms with van der Waals surface area (Å²) in [5.74, 6) is 1.17. The molecule has 8 rings (SSSR count). The van der Waals surface area contributed by atoms with Crippen LogP contribution < -0.4 is 46.9 Å². The number of hydrogen-bond donors (Lipinski definition) is 0. The van der Waals surface area contributed by atoms with Crippen LogP contribution in [0, 0.1) is 18.8 Å². The molecule has 46 heavy (non-hydrogen) atoms. The summed E-state index contributed by atoms with van der Waals surface area (Å²) < 4.78 is 6.31. The molecule has 6 aromatic rings. The summed E-state index contributed by atoms with van der Waals surface area (Å²) in [4.78, 5) is 6.35. The van der Waals surface area contributed by atoms with Gasteiger partial charge >= 0.3 is 0 Å². The molecule has 5 nitrogen and oxygen atoms in total. The average Bonchev–Trinajstić information content (AvgIpc) is 3.54. The number of anilines is 1. The van der Waals surface area contributed by atoms with Gasteiger partial charge in [0.2, 0.25) is 5.88 Å². The van der Waals surface area contributed by atoms with E-state index in [-0.39, 0.29) is 27.8 Å². The third-order valence-corrected chi connectivity index (χ3v) is 13.5. The van der Waals surface area contributed by atoms with Gasteiger partial charge in [-0.15, -0.1) is 24.9 Å². The van der Waals surface area contributed by atoms with E-state index in [1.54, 1.807) is 12.5 Å². The van der Waals surface area contributed by atoms with Gasteiger partial charge in [0.15, 0.2) is 6.71 Å². The molecule has 0 fully saturated rings. The minimum Gasteiger partial charge on any atom is -0.493 e. The molecule has 5 aromatic carbocycles. The van der Waals surface area contributed by atoms with Crippen molar-refractivity contribution in [2.45, 2.75) is 0 Å². The standard InChI is InChI=1S/C38H28BN4OSi.Pt/c1-42-27-41-43(28-42)30-14-12-13-29(25-30)39-34-19-8-9-20-36(34)45(32-15-4-2-5-16-32,33-17-6-3-7-18-33)37-23-22-31(26-35(37)39)44-38-21-10-11-24-40-38;/h2-24,27-28H,1H3;/q-3;. The van der Waals surface area contributed by atoms with Crippen LogP contribution >= 0.6 is 0 Å². The maximum atomic E-state index is 6.31. The number of hydrazone groups is 1. The molecule has 3 heterocycles. The summed E-state index contributed by atoms with van der Waals surface area (Å²) >= 11 is 0. The van der Waals surface area contributed by atoms with Gasteiger partial charge in [0.1, 0.15) is 8.07 Å². The Balaban J connectivity index is 0.00000338. The van der Waals surface area contributed by atoms with Crippen LogP contribution in [0.15, 0.2) is 145 Å². The topological polar surface area (TPSA) is 41.0 Å². The molecule has 0 aliphatic carbocycles. The second kappa shape index (κ2) is 12.6. The average molecular weight is 791 g/mol. The number of pyridine rings is 1. The maximum absolute atomic E-state index is 6.31. The van der Waals surface area contributed by atoms with Crippen LogP contribution in [0.5, 0.6) is 11.6 Å². The summed E-state index contributed by atoms with van der Waals surface area (Å²) in [6, 6.07) is 54.8. The van der Waals surface area contributed by atoms with Crippen molar-refractivity contribution in [2.75, 3.05) is 12.1 Å². The third-order valence-electron chi connectivity index (χ3n) is 8.59. The van der Waals surface area contributed by atoms with Gasteiger partial charge in [0.05, 0.1) is 6.34 Å². The number of nitrogens with zero attached hydrogens (tertiary/aromatic N) is 4. The zero-order valence-corrected chi connectivity index (χ0v) is 28.3. The predicted molar refractivity (Wildman–Crippen MR) is 186 cm³/mol. The number of fused-ring (bicyclic) bond motifs is 2. The van der Waals surface area contributed by atoms with Crippen molar-refractivity contribution in [3.05, 3.63) is 158 Å². The second-order valence-corrected chi connectivity index (χ2v) is 15.0. The number of benzene rings is 5. The molecule has 0 N–H and O–H groups in total. The van der Waals surface area contributed by atoms with E-state index in [1.807, 2.05) is 47.9 Å². The number of aromatic nitrogens is 1. The second-order valence-electron chi connectivity index (χ2n) is 11.3. The van der Waals surface area contributed by atoms with Crippen LogP contribution in [-0.4, -0.2) is 38.1 Å². The number of rotatable bonds is 6. The van der Waals surface area contributed by atoms with Crippen molar-refractivity contribution in [1.29, 1.82) is 0 Å². The Labute approximate surface area is 285 Å². The Bertz CT molecular complexity index is 1970. The maximum Gasteiger partial charge on any atom is 0.216 e. The Morgan fingerprint density at radius 2 is 1.43 bits per heavy atom. The molecule has 0 spiro atoms. The van der Waals surface area contributed by atoms with Crippen LogP contribution in [0.2, 0.25) is 0 Å². The van der Waals surface area contributed by atoms with Gasteiger partial charge in [-0.2, -0.15) is 45.5 Å². The fraction of sp³-hybridized carbons (Fsp3) is 0.0263. The fourth-order valence-corrected chi connectivity index (χ4v) is 12.0. The molecule has 0 bridgehead atoms. The van der Waals surface area contributed by atoms with E-state index in [0.29, 0.717) is 11.6 Å². The van der Waals surface area contributed by atoms with E-state index in [1.165, 1.54) is 26.2 Å². The Morgan fingerprint density at radius 1 is 0.717 bits per heavy atom. The Kier molecular flexibility index (Phi) is 8.20. The fourth-order valence-electron chi connectivity index (χ4n) is 6.77. The zero-order valence-electron chi connectivity index (χ0n) is 25.0. The molecular weight excluding hydrogens is 762 g/mol. The molecular formula is C38H28BN4OPtSi-3. The van der Waals surface area contributed by atoms with E-state index in [0.717, 1.165) is 16.6 Å². The monoisotopic (exact) mass is 790 g/mol. The van der Waals surface area contributed by atoms with Gasteiger partial charge in [0.25, 0.3) is 0 Å². The summed E-state index contributed by atoms with van der Waals surface area (Å²) in [5, 5.41) is 11.7. The van der Waals surface area contributed by atoms with E-state index in [2.05, 4.69) is 131 Å². The first-order chi connectivity index (χ1) is 22.2. The molecule has 226 valence electrons. The van der Waals surface area contributed by atoms with Crippen molar-refractivity contribution in [3.63, 3.8) is 0 Å². The first kappa shape index (κ1) is 30.0. The SMILES string of the molecule is CN1C=NN(c2[c-]c(B3c4[c-]c(Oc5ccccn5)ccc4[Si](c4ccccc4)(c4ccccc4)c4ccccc43)ccc2)[CH-]1.[Pt]. The van der Waals surface area contributed by atoms with Crippen LogP contribution in [0.4, 0.5) is 5.69 Å². The predicted octanol–water partition coefficient (Wildman–Crippen LogP) is 2.49. The minimum absolute atomic E-state index is 0. The van der Waals surface area contributed by atoms with Gasteiger partial charge in [0, 0.05) is 39.1 Å². The molecule has 1 aromatic heterocycles. The number of hydrogen-bond acceptors (Lipinski definition) is 5. The molecule has 2 aliphatic rings. The van der Waals surface area contributed by atoms with E-state index >= 15 is 0 Å². The van der Waals surface area contributed by atoms with Gasteiger partial charge in [-0.3, -0.25) is 0 Å². The molecule has 8 heteroatoms. The van der Waals surface area contributed by atoms with Gasteiger partial charge in [-0.25, -0.2) is 4.98 Å². The van der Waals surface area contributed by atoms with E-state index in [9.17, 15) is 0 Å². The first-order valence-electron chi connectivity index (χ1n) is 15.0. The molecule has 0 saturated carbocycles. The van der Waals surface area contributed by atoms with Crippen LogP contribution in [-0.2, 0) is 21.1 Å². The van der Waals surface area contributed by atoms with Gasteiger partial charge < -0.3 is 14.6 Å². The third kappa shape index (κ3) is 5.10. The summed E-state index contributed by atoms with van der Waals surface area (Å²) in [6.07, 6.45) is 3.53.